The van der Waals surface area contributed by atoms with Crippen molar-refractivity contribution in [3.63, 3.8) is 0 Å². The first-order chi connectivity index (χ1) is 15.1. The largest absolute Gasteiger partial charge is 0.454 e. The van der Waals surface area contributed by atoms with E-state index in [0.717, 1.165) is 36.3 Å². The molecule has 5 rings (SSSR count). The highest BCUT2D eigenvalue weighted by Gasteiger charge is 2.29. The van der Waals surface area contributed by atoms with Gasteiger partial charge in [0, 0.05) is 36.3 Å². The summed E-state index contributed by atoms with van der Waals surface area (Å²) in [6.45, 7) is 3.55. The lowest BCUT2D eigenvalue weighted by atomic mass is 9.96. The van der Waals surface area contributed by atoms with E-state index in [1.165, 1.54) is 5.56 Å². The second-order valence-electron chi connectivity index (χ2n) is 8.99. The van der Waals surface area contributed by atoms with Gasteiger partial charge in [0.25, 0.3) is 5.91 Å². The highest BCUT2D eigenvalue weighted by molar-refractivity contribution is 5.94. The van der Waals surface area contributed by atoms with Crippen LogP contribution in [0, 0.1) is 0 Å². The van der Waals surface area contributed by atoms with Crippen LogP contribution in [0.1, 0.15) is 66.1 Å². The summed E-state index contributed by atoms with van der Waals surface area (Å²) in [7, 11) is 0. The maximum Gasteiger partial charge on any atom is 0.253 e. The van der Waals surface area contributed by atoms with E-state index in [4.69, 9.17) is 9.47 Å². The van der Waals surface area contributed by atoms with Crippen molar-refractivity contribution in [3.05, 3.63) is 59.2 Å². The zero-order valence-corrected chi connectivity index (χ0v) is 17.9. The van der Waals surface area contributed by atoms with Crippen LogP contribution in [0.5, 0.6) is 11.5 Å². The molecule has 3 aliphatic rings. The Bertz CT molecular complexity index is 945. The van der Waals surface area contributed by atoms with Gasteiger partial charge < -0.3 is 24.8 Å². The summed E-state index contributed by atoms with van der Waals surface area (Å²) in [6, 6.07) is 14.8. The lowest BCUT2D eigenvalue weighted by Crippen LogP contribution is -2.29. The zero-order chi connectivity index (χ0) is 21.4. The molecular weight excluding hydrogens is 392 g/mol. The number of aliphatic hydroxyl groups excluding tert-OH is 1. The van der Waals surface area contributed by atoms with Crippen molar-refractivity contribution in [1.82, 2.24) is 10.2 Å². The van der Waals surface area contributed by atoms with Crippen molar-refractivity contribution in [1.29, 1.82) is 0 Å². The number of fused-ring (bicyclic) bond motifs is 1. The van der Waals surface area contributed by atoms with Gasteiger partial charge >= 0.3 is 0 Å². The summed E-state index contributed by atoms with van der Waals surface area (Å²) < 4.78 is 11.2. The van der Waals surface area contributed by atoms with E-state index >= 15 is 0 Å². The molecule has 0 bridgehead atoms. The Morgan fingerprint density at radius 2 is 1.97 bits per heavy atom. The zero-order valence-electron chi connectivity index (χ0n) is 17.9. The SMILES string of the molecule is C[C@@H](N[C@H]1CC[C@@H](c2ccc(C(=O)N3CC[C@H](O)C3)cc2)C1)c1cccc2c1OCO2. The fourth-order valence-electron chi connectivity index (χ4n) is 5.18. The summed E-state index contributed by atoms with van der Waals surface area (Å²) in [6.07, 6.45) is 3.65. The fourth-order valence-corrected chi connectivity index (χ4v) is 5.18. The molecule has 4 atom stereocenters. The van der Waals surface area contributed by atoms with E-state index in [9.17, 15) is 9.90 Å². The van der Waals surface area contributed by atoms with Gasteiger partial charge in [-0.3, -0.25) is 4.79 Å². The Kier molecular flexibility index (Phi) is 5.59. The molecule has 1 amide bonds. The molecule has 1 saturated heterocycles. The summed E-state index contributed by atoms with van der Waals surface area (Å²) >= 11 is 0. The van der Waals surface area contributed by atoms with Crippen LogP contribution in [0.3, 0.4) is 0 Å². The molecule has 2 aromatic carbocycles. The van der Waals surface area contributed by atoms with E-state index in [0.29, 0.717) is 43.8 Å². The van der Waals surface area contributed by atoms with Crippen LogP contribution in [0.4, 0.5) is 0 Å². The third-order valence-corrected chi connectivity index (χ3v) is 6.89. The van der Waals surface area contributed by atoms with Gasteiger partial charge in [-0.05, 0) is 62.3 Å². The Balaban J connectivity index is 1.19. The molecule has 0 aromatic heterocycles. The van der Waals surface area contributed by atoms with Gasteiger partial charge in [0.2, 0.25) is 6.79 Å². The van der Waals surface area contributed by atoms with E-state index in [1.54, 1.807) is 4.90 Å². The molecule has 6 nitrogen and oxygen atoms in total. The number of nitrogens with zero attached hydrogens (tertiary/aromatic N) is 1. The van der Waals surface area contributed by atoms with Gasteiger partial charge in [0.05, 0.1) is 6.10 Å². The molecule has 1 aliphatic carbocycles. The van der Waals surface area contributed by atoms with Gasteiger partial charge in [0.1, 0.15) is 0 Å². The van der Waals surface area contributed by atoms with Crippen molar-refractivity contribution in [2.75, 3.05) is 19.9 Å². The number of hydrogen-bond acceptors (Lipinski definition) is 5. The minimum atomic E-state index is -0.385. The molecule has 0 spiro atoms. The van der Waals surface area contributed by atoms with Crippen molar-refractivity contribution in [2.24, 2.45) is 0 Å². The first kappa shape index (κ1) is 20.3. The van der Waals surface area contributed by atoms with Crippen molar-refractivity contribution in [3.8, 4) is 11.5 Å². The van der Waals surface area contributed by atoms with Gasteiger partial charge in [-0.2, -0.15) is 0 Å². The monoisotopic (exact) mass is 422 g/mol. The number of nitrogens with one attached hydrogen (secondary N) is 1. The first-order valence-electron chi connectivity index (χ1n) is 11.3. The summed E-state index contributed by atoms with van der Waals surface area (Å²) in [5, 5.41) is 13.5. The maximum absolute atomic E-state index is 12.6. The van der Waals surface area contributed by atoms with Gasteiger partial charge in [-0.15, -0.1) is 0 Å². The molecule has 2 aromatic rings. The van der Waals surface area contributed by atoms with Crippen LogP contribution in [0.2, 0.25) is 0 Å². The van der Waals surface area contributed by atoms with E-state index < -0.39 is 0 Å². The van der Waals surface area contributed by atoms with Crippen molar-refractivity contribution >= 4 is 5.91 Å². The summed E-state index contributed by atoms with van der Waals surface area (Å²) in [5.41, 5.74) is 3.15. The third-order valence-electron chi connectivity index (χ3n) is 6.89. The number of benzene rings is 2. The molecule has 2 aliphatic heterocycles. The van der Waals surface area contributed by atoms with Gasteiger partial charge in [-0.25, -0.2) is 0 Å². The lowest BCUT2D eigenvalue weighted by molar-refractivity contribution is 0.0765. The standard InChI is InChI=1S/C25H30N2O4/c1-16(22-3-2-4-23-24(22)31-15-30-23)26-20-10-9-19(13-20)17-5-7-18(8-6-17)25(29)27-12-11-21(28)14-27/h2-8,16,19-21,26,28H,9-15H2,1H3/t16-,19-,20+,21+/m1/s1. The average Bonchev–Trinajstić information content (AvgIpc) is 3.54. The summed E-state index contributed by atoms with van der Waals surface area (Å²) in [4.78, 5) is 14.3. The molecule has 2 fully saturated rings. The van der Waals surface area contributed by atoms with Crippen LogP contribution >= 0.6 is 0 Å². The Hall–Kier alpha value is -2.57. The molecule has 164 valence electrons. The summed E-state index contributed by atoms with van der Waals surface area (Å²) in [5.74, 6) is 2.21. The number of amides is 1. The smallest absolute Gasteiger partial charge is 0.253 e. The maximum atomic E-state index is 12.6. The molecule has 2 N–H and O–H groups in total. The van der Waals surface area contributed by atoms with Crippen LogP contribution in [0.25, 0.3) is 0 Å². The minimum absolute atomic E-state index is 0.0180. The van der Waals surface area contributed by atoms with Crippen LogP contribution in [0.15, 0.2) is 42.5 Å². The highest BCUT2D eigenvalue weighted by atomic mass is 16.7. The normalized spacial score (nSPS) is 25.7. The number of carbonyl (C=O) groups excluding carboxylic acids is 1. The fraction of sp³-hybridized carbons (Fsp3) is 0.480. The van der Waals surface area contributed by atoms with Crippen molar-refractivity contribution < 1.29 is 19.4 Å². The third kappa shape index (κ3) is 4.14. The molecule has 1 saturated carbocycles. The topological polar surface area (TPSA) is 71.0 Å². The van der Waals surface area contributed by atoms with Crippen LogP contribution in [-0.4, -0.2) is 47.9 Å². The predicted molar refractivity (Wildman–Crippen MR) is 117 cm³/mol. The van der Waals surface area contributed by atoms with Crippen LogP contribution in [-0.2, 0) is 0 Å². The number of hydrogen-bond donors (Lipinski definition) is 2. The van der Waals surface area contributed by atoms with Gasteiger partial charge in [-0.1, -0.05) is 24.3 Å². The van der Waals surface area contributed by atoms with Crippen molar-refractivity contribution in [2.45, 2.75) is 56.7 Å². The minimum Gasteiger partial charge on any atom is -0.454 e. The second kappa shape index (κ2) is 8.52. The molecule has 0 unspecified atom stereocenters. The number of rotatable bonds is 5. The number of aliphatic hydroxyl groups is 1. The number of para-hydroxylation sites is 1. The Morgan fingerprint density at radius 3 is 2.74 bits per heavy atom. The van der Waals surface area contributed by atoms with Crippen LogP contribution < -0.4 is 14.8 Å². The van der Waals surface area contributed by atoms with Gasteiger partial charge in [0.15, 0.2) is 11.5 Å². The molecule has 31 heavy (non-hydrogen) atoms. The Labute approximate surface area is 183 Å². The first-order valence-corrected chi connectivity index (χ1v) is 11.3. The van der Waals surface area contributed by atoms with E-state index in [2.05, 4.69) is 30.4 Å². The highest BCUT2D eigenvalue weighted by Crippen LogP contribution is 2.40. The average molecular weight is 423 g/mol. The number of ether oxygens (including phenoxy) is 2. The molecule has 2 heterocycles. The predicted octanol–water partition coefficient (Wildman–Crippen LogP) is 3.61. The number of carbonyl (C=O) groups is 1. The van der Waals surface area contributed by atoms with E-state index in [1.807, 2.05) is 24.3 Å². The van der Waals surface area contributed by atoms with E-state index in [-0.39, 0.29) is 18.1 Å². The number of β-amino-alcohol motifs (C(OH)–C–C–N with tert-alkyl or cyclic N) is 1. The second-order valence-corrected chi connectivity index (χ2v) is 8.99. The Morgan fingerprint density at radius 1 is 1.13 bits per heavy atom. The molecule has 6 heteroatoms. The molecule has 0 radical (unpaired) electrons. The lowest BCUT2D eigenvalue weighted by Gasteiger charge is -2.21. The number of likely N-dealkylation sites (tertiary alicyclic amines) is 1. The molecular formula is C25H30N2O4. The quantitative estimate of drug-likeness (QED) is 0.770.